The van der Waals surface area contributed by atoms with Gasteiger partial charge in [-0.2, -0.15) is 0 Å². The largest absolute Gasteiger partial charge is 0.383 e. The molecular formula is C15H26N2O. The van der Waals surface area contributed by atoms with E-state index in [-0.39, 0.29) is 6.04 Å². The highest BCUT2D eigenvalue weighted by molar-refractivity contribution is 5.55. The molecule has 2 N–H and O–H groups in total. The van der Waals surface area contributed by atoms with Gasteiger partial charge < -0.3 is 15.4 Å². The van der Waals surface area contributed by atoms with E-state index >= 15 is 0 Å². The van der Waals surface area contributed by atoms with Crippen molar-refractivity contribution >= 4 is 5.69 Å². The van der Waals surface area contributed by atoms with E-state index in [1.165, 1.54) is 11.3 Å². The van der Waals surface area contributed by atoms with Crippen molar-refractivity contribution < 1.29 is 4.74 Å². The van der Waals surface area contributed by atoms with Gasteiger partial charge >= 0.3 is 0 Å². The first-order chi connectivity index (χ1) is 8.65. The topological polar surface area (TPSA) is 38.5 Å². The molecule has 0 radical (unpaired) electrons. The molecule has 0 saturated heterocycles. The van der Waals surface area contributed by atoms with E-state index < -0.39 is 0 Å². The van der Waals surface area contributed by atoms with Gasteiger partial charge in [0.25, 0.3) is 0 Å². The Balaban J connectivity index is 3.05. The standard InChI is InChI=1S/C15H26N2O/c1-5-14(16)13-9-7-8-10-15(13)17(6-2)12(3)11-18-4/h7-10,12,14H,5-6,11,16H2,1-4H3/t12?,14-/m1/s1. The minimum absolute atomic E-state index is 0.102. The minimum atomic E-state index is 0.102. The number of ether oxygens (including phenoxy) is 1. The van der Waals surface area contributed by atoms with E-state index in [2.05, 4.69) is 49.9 Å². The predicted molar refractivity (Wildman–Crippen MR) is 78.0 cm³/mol. The van der Waals surface area contributed by atoms with E-state index in [0.29, 0.717) is 6.04 Å². The molecule has 3 heteroatoms. The van der Waals surface area contributed by atoms with Crippen molar-refractivity contribution in [3.63, 3.8) is 0 Å². The Morgan fingerprint density at radius 1 is 1.28 bits per heavy atom. The second-order valence-corrected chi connectivity index (χ2v) is 4.66. The smallest absolute Gasteiger partial charge is 0.0663 e. The Hall–Kier alpha value is -1.06. The van der Waals surface area contributed by atoms with Gasteiger partial charge in [0.2, 0.25) is 0 Å². The normalized spacial score (nSPS) is 14.3. The summed E-state index contributed by atoms with van der Waals surface area (Å²) >= 11 is 0. The van der Waals surface area contributed by atoms with Crippen molar-refractivity contribution in [2.24, 2.45) is 5.73 Å². The number of anilines is 1. The number of para-hydroxylation sites is 1. The molecule has 0 saturated carbocycles. The second kappa shape index (κ2) is 7.39. The van der Waals surface area contributed by atoms with Crippen LogP contribution in [0.1, 0.15) is 38.8 Å². The molecule has 0 amide bonds. The first-order valence-electron chi connectivity index (χ1n) is 6.75. The van der Waals surface area contributed by atoms with E-state index in [1.807, 2.05) is 0 Å². The Bertz CT molecular complexity index is 354. The van der Waals surface area contributed by atoms with Crippen LogP contribution in [-0.2, 0) is 4.74 Å². The van der Waals surface area contributed by atoms with Crippen molar-refractivity contribution in [3.8, 4) is 0 Å². The van der Waals surface area contributed by atoms with Crippen molar-refractivity contribution in [2.45, 2.75) is 39.3 Å². The fourth-order valence-electron chi connectivity index (χ4n) is 2.33. The Morgan fingerprint density at radius 3 is 2.50 bits per heavy atom. The number of likely N-dealkylation sites (N-methyl/N-ethyl adjacent to an activating group) is 1. The molecule has 3 nitrogen and oxygen atoms in total. The minimum Gasteiger partial charge on any atom is -0.383 e. The summed E-state index contributed by atoms with van der Waals surface area (Å²) in [6.45, 7) is 8.15. The molecule has 0 aromatic heterocycles. The average molecular weight is 250 g/mol. The van der Waals surface area contributed by atoms with Crippen LogP contribution < -0.4 is 10.6 Å². The van der Waals surface area contributed by atoms with E-state index in [9.17, 15) is 0 Å². The molecule has 0 aliphatic carbocycles. The first-order valence-corrected chi connectivity index (χ1v) is 6.75. The third kappa shape index (κ3) is 3.47. The summed E-state index contributed by atoms with van der Waals surface area (Å²) in [5.74, 6) is 0. The van der Waals surface area contributed by atoms with Gasteiger partial charge in [-0.05, 0) is 31.9 Å². The Kier molecular flexibility index (Phi) is 6.16. The lowest BCUT2D eigenvalue weighted by Crippen LogP contribution is -2.37. The molecule has 18 heavy (non-hydrogen) atoms. The molecule has 0 heterocycles. The summed E-state index contributed by atoms with van der Waals surface area (Å²) in [5.41, 5.74) is 8.67. The molecule has 0 aliphatic heterocycles. The summed E-state index contributed by atoms with van der Waals surface area (Å²) in [4.78, 5) is 2.36. The van der Waals surface area contributed by atoms with E-state index in [4.69, 9.17) is 10.5 Å². The molecule has 2 atom stereocenters. The van der Waals surface area contributed by atoms with Crippen LogP contribution >= 0.6 is 0 Å². The van der Waals surface area contributed by atoms with Gasteiger partial charge in [-0.1, -0.05) is 25.1 Å². The zero-order chi connectivity index (χ0) is 13.5. The molecular weight excluding hydrogens is 224 g/mol. The first kappa shape index (κ1) is 15.0. The molecule has 0 aliphatic rings. The van der Waals surface area contributed by atoms with Crippen molar-refractivity contribution in [1.82, 2.24) is 0 Å². The van der Waals surface area contributed by atoms with E-state index in [0.717, 1.165) is 19.6 Å². The quantitative estimate of drug-likeness (QED) is 0.808. The van der Waals surface area contributed by atoms with Crippen molar-refractivity contribution in [1.29, 1.82) is 0 Å². The predicted octanol–water partition coefficient (Wildman–Crippen LogP) is 2.96. The van der Waals surface area contributed by atoms with Gasteiger partial charge in [-0.15, -0.1) is 0 Å². The summed E-state index contributed by atoms with van der Waals surface area (Å²) in [6, 6.07) is 8.87. The number of hydrogen-bond acceptors (Lipinski definition) is 3. The highest BCUT2D eigenvalue weighted by Gasteiger charge is 2.17. The molecule has 0 fully saturated rings. The van der Waals surface area contributed by atoms with Crippen LogP contribution in [0.5, 0.6) is 0 Å². The van der Waals surface area contributed by atoms with Crippen LogP contribution in [0, 0.1) is 0 Å². The third-order valence-electron chi connectivity index (χ3n) is 3.37. The maximum atomic E-state index is 6.20. The number of benzene rings is 1. The maximum Gasteiger partial charge on any atom is 0.0663 e. The number of nitrogens with zero attached hydrogens (tertiary/aromatic N) is 1. The highest BCUT2D eigenvalue weighted by Crippen LogP contribution is 2.28. The van der Waals surface area contributed by atoms with Crippen molar-refractivity contribution in [2.75, 3.05) is 25.2 Å². The van der Waals surface area contributed by atoms with Crippen LogP contribution in [0.2, 0.25) is 0 Å². The van der Waals surface area contributed by atoms with Gasteiger partial charge in [0.1, 0.15) is 0 Å². The summed E-state index contributed by atoms with van der Waals surface area (Å²) < 4.78 is 5.26. The SMILES string of the molecule is CC[C@@H](N)c1ccccc1N(CC)C(C)COC. The number of nitrogens with two attached hydrogens (primary N) is 1. The molecule has 1 rings (SSSR count). The number of hydrogen-bond donors (Lipinski definition) is 1. The second-order valence-electron chi connectivity index (χ2n) is 4.66. The zero-order valence-corrected chi connectivity index (χ0v) is 12.0. The van der Waals surface area contributed by atoms with Gasteiger partial charge in [-0.3, -0.25) is 0 Å². The van der Waals surface area contributed by atoms with Gasteiger partial charge in [0.05, 0.1) is 6.61 Å². The molecule has 0 bridgehead atoms. The third-order valence-corrected chi connectivity index (χ3v) is 3.37. The fraction of sp³-hybridized carbons (Fsp3) is 0.600. The summed E-state index contributed by atoms with van der Waals surface area (Å²) in [7, 11) is 1.74. The lowest BCUT2D eigenvalue weighted by molar-refractivity contribution is 0.182. The van der Waals surface area contributed by atoms with Crippen LogP contribution in [0.15, 0.2) is 24.3 Å². The molecule has 1 unspecified atom stereocenters. The van der Waals surface area contributed by atoms with E-state index in [1.54, 1.807) is 7.11 Å². The van der Waals surface area contributed by atoms with Crippen LogP contribution in [0.25, 0.3) is 0 Å². The van der Waals surface area contributed by atoms with Crippen molar-refractivity contribution in [3.05, 3.63) is 29.8 Å². The molecule has 1 aromatic rings. The van der Waals surface area contributed by atoms with Gasteiger partial charge in [0.15, 0.2) is 0 Å². The maximum absolute atomic E-state index is 6.20. The fourth-order valence-corrected chi connectivity index (χ4v) is 2.33. The Morgan fingerprint density at radius 2 is 1.94 bits per heavy atom. The van der Waals surface area contributed by atoms with Gasteiger partial charge in [-0.25, -0.2) is 0 Å². The van der Waals surface area contributed by atoms with Gasteiger partial charge in [0, 0.05) is 31.4 Å². The Labute approximate surface area is 111 Å². The van der Waals surface area contributed by atoms with Crippen LogP contribution in [0.4, 0.5) is 5.69 Å². The van der Waals surface area contributed by atoms with Crippen LogP contribution in [-0.4, -0.2) is 26.3 Å². The summed E-state index contributed by atoms with van der Waals surface area (Å²) in [6.07, 6.45) is 0.952. The molecule has 0 spiro atoms. The lowest BCUT2D eigenvalue weighted by Gasteiger charge is -2.32. The lowest BCUT2D eigenvalue weighted by atomic mass is 10.0. The zero-order valence-electron chi connectivity index (χ0n) is 12.0. The summed E-state index contributed by atoms with van der Waals surface area (Å²) in [5, 5.41) is 0. The van der Waals surface area contributed by atoms with Crippen LogP contribution in [0.3, 0.4) is 0 Å². The number of rotatable bonds is 7. The monoisotopic (exact) mass is 250 g/mol. The molecule has 102 valence electrons. The molecule has 1 aromatic carbocycles. The highest BCUT2D eigenvalue weighted by atomic mass is 16.5. The number of methoxy groups -OCH3 is 1. The average Bonchev–Trinajstić information content (AvgIpc) is 2.39.